The van der Waals surface area contributed by atoms with Crippen LogP contribution in [0.3, 0.4) is 0 Å². The van der Waals surface area contributed by atoms with Crippen molar-refractivity contribution in [2.24, 2.45) is 0 Å². The van der Waals surface area contributed by atoms with Gasteiger partial charge in [-0.25, -0.2) is 0 Å². The molecule has 2 N–H and O–H groups in total. The molecule has 2 aromatic rings. The fraction of sp³-hybridized carbons (Fsp3) is 0.200. The minimum Gasteiger partial charge on any atom is -0.399 e. The fourth-order valence-corrected chi connectivity index (χ4v) is 2.67. The number of aryl methyl sites for hydroxylation is 1. The molecule has 2 nitrogen and oxygen atoms in total. The number of nitrogens with two attached hydrogens (primary N) is 1. The highest BCUT2D eigenvalue weighted by Gasteiger charge is 2.20. The highest BCUT2D eigenvalue weighted by atomic mass is 35.5. The highest BCUT2D eigenvalue weighted by Crippen LogP contribution is 2.32. The summed E-state index contributed by atoms with van der Waals surface area (Å²) in [6, 6.07) is 12.2. The lowest BCUT2D eigenvalue weighted by Gasteiger charge is -2.20. The zero-order valence-corrected chi connectivity index (χ0v) is 11.0. The summed E-state index contributed by atoms with van der Waals surface area (Å²) in [5.74, 6) is 0. The number of fused-ring (bicyclic) bond motifs is 1. The Bertz CT molecular complexity index is 607. The van der Waals surface area contributed by atoms with Crippen molar-refractivity contribution in [3.63, 3.8) is 0 Å². The first kappa shape index (κ1) is 11.4. The molecule has 0 bridgehead atoms. The maximum atomic E-state index is 6.09. The van der Waals surface area contributed by atoms with Gasteiger partial charge in [-0.15, -0.1) is 0 Å². The molecule has 1 aliphatic rings. The maximum absolute atomic E-state index is 6.09. The van der Waals surface area contributed by atoms with Gasteiger partial charge in [0.2, 0.25) is 0 Å². The molecular formula is C15H15ClN2. The summed E-state index contributed by atoms with van der Waals surface area (Å²) < 4.78 is 0. The van der Waals surface area contributed by atoms with Crippen molar-refractivity contribution in [2.45, 2.75) is 20.0 Å². The molecular weight excluding hydrogens is 244 g/mol. The maximum Gasteiger partial charge on any atom is 0.0437 e. The van der Waals surface area contributed by atoms with Crippen molar-refractivity contribution >= 4 is 23.0 Å². The molecule has 1 heterocycles. The van der Waals surface area contributed by atoms with E-state index in [-0.39, 0.29) is 0 Å². The number of nitrogen functional groups attached to an aromatic ring is 1. The van der Waals surface area contributed by atoms with Crippen LogP contribution < -0.4 is 10.6 Å². The van der Waals surface area contributed by atoms with E-state index >= 15 is 0 Å². The van der Waals surface area contributed by atoms with Gasteiger partial charge in [0.1, 0.15) is 0 Å². The van der Waals surface area contributed by atoms with Gasteiger partial charge in [0, 0.05) is 29.5 Å². The number of hydrogen-bond donors (Lipinski definition) is 1. The Morgan fingerprint density at radius 3 is 2.67 bits per heavy atom. The van der Waals surface area contributed by atoms with Crippen LogP contribution in [0.4, 0.5) is 11.4 Å². The fourth-order valence-electron chi connectivity index (χ4n) is 2.51. The molecule has 1 aliphatic heterocycles. The van der Waals surface area contributed by atoms with Gasteiger partial charge in [-0.2, -0.15) is 0 Å². The molecule has 3 rings (SSSR count). The van der Waals surface area contributed by atoms with Gasteiger partial charge < -0.3 is 10.6 Å². The van der Waals surface area contributed by atoms with Crippen LogP contribution in [0.1, 0.15) is 16.7 Å². The first-order valence-electron chi connectivity index (χ1n) is 6.02. The predicted octanol–water partition coefficient (Wildman–Crippen LogP) is 3.75. The van der Waals surface area contributed by atoms with Gasteiger partial charge in [-0.1, -0.05) is 23.7 Å². The SMILES string of the molecule is Cc1ccc(Cl)cc1N1Cc2ccc(N)cc2C1. The lowest BCUT2D eigenvalue weighted by Crippen LogP contribution is -2.15. The molecule has 0 unspecified atom stereocenters. The van der Waals surface area contributed by atoms with Crippen molar-refractivity contribution in [3.05, 3.63) is 58.1 Å². The Morgan fingerprint density at radius 1 is 1.06 bits per heavy atom. The van der Waals surface area contributed by atoms with Gasteiger partial charge in [-0.3, -0.25) is 0 Å². The van der Waals surface area contributed by atoms with Crippen LogP contribution in [0.5, 0.6) is 0 Å². The average molecular weight is 259 g/mol. The molecule has 0 spiro atoms. The van der Waals surface area contributed by atoms with Gasteiger partial charge in [-0.05, 0) is 47.9 Å². The Morgan fingerprint density at radius 2 is 1.83 bits per heavy atom. The molecule has 3 heteroatoms. The summed E-state index contributed by atoms with van der Waals surface area (Å²) in [4.78, 5) is 2.34. The van der Waals surface area contributed by atoms with Crippen molar-refractivity contribution in [1.82, 2.24) is 0 Å². The third kappa shape index (κ3) is 1.93. The molecule has 0 fully saturated rings. The van der Waals surface area contributed by atoms with Crippen LogP contribution in [-0.4, -0.2) is 0 Å². The third-order valence-electron chi connectivity index (χ3n) is 3.46. The summed E-state index contributed by atoms with van der Waals surface area (Å²) in [5, 5.41) is 0.783. The number of halogens is 1. The molecule has 0 saturated carbocycles. The third-order valence-corrected chi connectivity index (χ3v) is 3.70. The first-order chi connectivity index (χ1) is 8.63. The average Bonchev–Trinajstić information content (AvgIpc) is 2.74. The standard InChI is InChI=1S/C15H15ClN2/c1-10-2-4-13(16)7-15(10)18-8-11-3-5-14(17)6-12(11)9-18/h2-7H,8-9,17H2,1H3. The number of rotatable bonds is 1. The molecule has 92 valence electrons. The van der Waals surface area contributed by atoms with Crippen molar-refractivity contribution in [2.75, 3.05) is 10.6 Å². The first-order valence-corrected chi connectivity index (χ1v) is 6.39. The van der Waals surface area contributed by atoms with Crippen LogP contribution in [0.25, 0.3) is 0 Å². The van der Waals surface area contributed by atoms with Crippen LogP contribution >= 0.6 is 11.6 Å². The molecule has 2 aromatic carbocycles. The van der Waals surface area contributed by atoms with E-state index in [9.17, 15) is 0 Å². The molecule has 18 heavy (non-hydrogen) atoms. The van der Waals surface area contributed by atoms with E-state index in [1.807, 2.05) is 18.2 Å². The van der Waals surface area contributed by atoms with Crippen molar-refractivity contribution in [3.8, 4) is 0 Å². The Labute approximate surface area is 112 Å². The number of anilines is 2. The molecule has 0 aromatic heterocycles. The summed E-state index contributed by atoms with van der Waals surface area (Å²) in [5.41, 5.74) is 11.8. The normalized spacial score (nSPS) is 13.8. The lowest BCUT2D eigenvalue weighted by molar-refractivity contribution is 0.875. The Balaban J connectivity index is 1.96. The van der Waals surface area contributed by atoms with E-state index in [2.05, 4.69) is 30.0 Å². The van der Waals surface area contributed by atoms with Crippen LogP contribution in [0.2, 0.25) is 5.02 Å². The molecule has 0 radical (unpaired) electrons. The minimum absolute atomic E-state index is 0.783. The van der Waals surface area contributed by atoms with E-state index in [1.54, 1.807) is 0 Å². The summed E-state index contributed by atoms with van der Waals surface area (Å²) in [7, 11) is 0. The number of nitrogens with zero attached hydrogens (tertiary/aromatic N) is 1. The van der Waals surface area contributed by atoms with E-state index in [0.29, 0.717) is 0 Å². The second-order valence-electron chi connectivity index (χ2n) is 4.82. The minimum atomic E-state index is 0.783. The summed E-state index contributed by atoms with van der Waals surface area (Å²) in [6.45, 7) is 3.95. The molecule has 0 amide bonds. The Kier molecular flexibility index (Phi) is 2.67. The predicted molar refractivity (Wildman–Crippen MR) is 76.9 cm³/mol. The quantitative estimate of drug-likeness (QED) is 0.790. The largest absolute Gasteiger partial charge is 0.399 e. The number of hydrogen-bond acceptors (Lipinski definition) is 2. The van der Waals surface area contributed by atoms with Crippen molar-refractivity contribution in [1.29, 1.82) is 0 Å². The van der Waals surface area contributed by atoms with Gasteiger partial charge in [0.15, 0.2) is 0 Å². The number of benzene rings is 2. The van der Waals surface area contributed by atoms with Crippen LogP contribution in [0.15, 0.2) is 36.4 Å². The molecule has 0 atom stereocenters. The molecule has 0 saturated heterocycles. The smallest absolute Gasteiger partial charge is 0.0437 e. The van der Waals surface area contributed by atoms with E-state index < -0.39 is 0 Å². The lowest BCUT2D eigenvalue weighted by atomic mass is 10.1. The summed E-state index contributed by atoms with van der Waals surface area (Å²) in [6.07, 6.45) is 0. The second-order valence-corrected chi connectivity index (χ2v) is 5.25. The zero-order chi connectivity index (χ0) is 12.7. The van der Waals surface area contributed by atoms with Gasteiger partial charge in [0.25, 0.3) is 0 Å². The second kappa shape index (κ2) is 4.21. The van der Waals surface area contributed by atoms with Crippen molar-refractivity contribution < 1.29 is 0 Å². The van der Waals surface area contributed by atoms with Gasteiger partial charge in [0.05, 0.1) is 0 Å². The zero-order valence-electron chi connectivity index (χ0n) is 10.3. The van der Waals surface area contributed by atoms with E-state index in [0.717, 1.165) is 23.8 Å². The van der Waals surface area contributed by atoms with Gasteiger partial charge >= 0.3 is 0 Å². The monoisotopic (exact) mass is 258 g/mol. The molecule has 0 aliphatic carbocycles. The van der Waals surface area contributed by atoms with Crippen LogP contribution in [-0.2, 0) is 13.1 Å². The van der Waals surface area contributed by atoms with Crippen LogP contribution in [0, 0.1) is 6.92 Å². The Hall–Kier alpha value is -1.67. The van der Waals surface area contributed by atoms with E-state index in [1.165, 1.54) is 22.4 Å². The highest BCUT2D eigenvalue weighted by molar-refractivity contribution is 6.30. The summed E-state index contributed by atoms with van der Waals surface area (Å²) >= 11 is 6.09. The topological polar surface area (TPSA) is 29.3 Å². The van der Waals surface area contributed by atoms with E-state index in [4.69, 9.17) is 17.3 Å².